The van der Waals surface area contributed by atoms with Gasteiger partial charge in [-0.1, -0.05) is 6.92 Å². The number of hydrogen-bond donors (Lipinski definition) is 0. The summed E-state index contributed by atoms with van der Waals surface area (Å²) < 4.78 is 10.3. The summed E-state index contributed by atoms with van der Waals surface area (Å²) in [7, 11) is 0. The summed E-state index contributed by atoms with van der Waals surface area (Å²) in [6, 6.07) is 0. The number of ether oxygens (including phenoxy) is 2. The highest BCUT2D eigenvalue weighted by molar-refractivity contribution is 5.60. The van der Waals surface area contributed by atoms with E-state index in [1.54, 1.807) is 0 Å². The van der Waals surface area contributed by atoms with Gasteiger partial charge in [0, 0.05) is 13.1 Å². The summed E-state index contributed by atoms with van der Waals surface area (Å²) >= 11 is 0. The average molecular weight is 215 g/mol. The van der Waals surface area contributed by atoms with Crippen LogP contribution < -0.4 is 0 Å². The Hall–Kier alpha value is -0.770. The van der Waals surface area contributed by atoms with Crippen molar-refractivity contribution in [2.75, 3.05) is 19.6 Å². The molecular weight excluding hydrogens is 194 g/mol. The fourth-order valence-corrected chi connectivity index (χ4v) is 1.59. The van der Waals surface area contributed by atoms with Gasteiger partial charge in [-0.2, -0.15) is 0 Å². The molecule has 0 saturated carbocycles. The molecule has 0 bridgehead atoms. The smallest absolute Gasteiger partial charge is 0.430 e. The molecule has 1 rings (SSSR count). The minimum atomic E-state index is -0.551. The molecule has 0 aromatic heterocycles. The summed E-state index contributed by atoms with van der Waals surface area (Å²) in [6.45, 7) is 10.5. The van der Waals surface area contributed by atoms with Crippen molar-refractivity contribution in [1.29, 1.82) is 0 Å². The fourth-order valence-electron chi connectivity index (χ4n) is 1.59. The Morgan fingerprint density at radius 2 is 2.13 bits per heavy atom. The molecule has 0 amide bonds. The third-order valence-electron chi connectivity index (χ3n) is 2.33. The number of hydrogen-bond acceptors (Lipinski definition) is 4. The van der Waals surface area contributed by atoms with Crippen LogP contribution in [0, 0.1) is 0 Å². The molecule has 1 saturated heterocycles. The van der Waals surface area contributed by atoms with Gasteiger partial charge in [0.05, 0.1) is 0 Å². The summed E-state index contributed by atoms with van der Waals surface area (Å²) in [6.07, 6.45) is 0.359. The van der Waals surface area contributed by atoms with Crippen LogP contribution in [0.3, 0.4) is 0 Å². The first-order valence-electron chi connectivity index (χ1n) is 5.52. The van der Waals surface area contributed by atoms with Gasteiger partial charge in [0.1, 0.15) is 11.7 Å². The summed E-state index contributed by atoms with van der Waals surface area (Å²) in [5.41, 5.74) is -0.472. The zero-order valence-corrected chi connectivity index (χ0v) is 10.1. The van der Waals surface area contributed by atoms with Gasteiger partial charge in [0.15, 0.2) is 0 Å². The Labute approximate surface area is 91.5 Å². The molecule has 0 aromatic rings. The van der Waals surface area contributed by atoms with Crippen molar-refractivity contribution in [2.45, 2.75) is 45.8 Å². The van der Waals surface area contributed by atoms with Gasteiger partial charge in [-0.25, -0.2) is 4.79 Å². The van der Waals surface area contributed by atoms with Gasteiger partial charge in [-0.3, -0.25) is 4.90 Å². The number of likely N-dealkylation sites (N-methyl/N-ethyl adjacent to an activating group) is 1. The maximum Gasteiger partial charge on any atom is 0.509 e. The largest absolute Gasteiger partial charge is 0.509 e. The van der Waals surface area contributed by atoms with Crippen LogP contribution in [0.25, 0.3) is 0 Å². The normalized spacial score (nSPS) is 22.8. The lowest BCUT2D eigenvalue weighted by molar-refractivity contribution is -0.0245. The predicted octanol–water partition coefficient (Wildman–Crippen LogP) is 2.03. The van der Waals surface area contributed by atoms with Crippen molar-refractivity contribution in [1.82, 2.24) is 4.90 Å². The second kappa shape index (κ2) is 4.84. The van der Waals surface area contributed by atoms with Crippen molar-refractivity contribution in [3.63, 3.8) is 0 Å². The predicted molar refractivity (Wildman–Crippen MR) is 57.8 cm³/mol. The minimum absolute atomic E-state index is 0.000185. The number of carbonyl (C=O) groups excluding carboxylic acids is 1. The molecule has 0 aliphatic carbocycles. The molecular formula is C11H21NO3. The van der Waals surface area contributed by atoms with E-state index in [2.05, 4.69) is 11.8 Å². The van der Waals surface area contributed by atoms with Gasteiger partial charge in [-0.15, -0.1) is 0 Å². The van der Waals surface area contributed by atoms with E-state index >= 15 is 0 Å². The molecule has 88 valence electrons. The Balaban J connectivity index is 2.28. The van der Waals surface area contributed by atoms with Crippen molar-refractivity contribution >= 4 is 6.16 Å². The van der Waals surface area contributed by atoms with Crippen LogP contribution in [0.2, 0.25) is 0 Å². The highest BCUT2D eigenvalue weighted by Gasteiger charge is 2.26. The molecule has 4 heteroatoms. The molecule has 1 aliphatic rings. The first kappa shape index (κ1) is 12.3. The number of nitrogens with zero attached hydrogens (tertiary/aromatic N) is 1. The van der Waals surface area contributed by atoms with Crippen LogP contribution in [0.1, 0.15) is 34.1 Å². The highest BCUT2D eigenvalue weighted by atomic mass is 16.7. The van der Waals surface area contributed by atoms with Crippen molar-refractivity contribution in [2.24, 2.45) is 0 Å². The van der Waals surface area contributed by atoms with Crippen LogP contribution in [0.5, 0.6) is 0 Å². The topological polar surface area (TPSA) is 38.8 Å². The Morgan fingerprint density at radius 1 is 1.47 bits per heavy atom. The third-order valence-corrected chi connectivity index (χ3v) is 2.33. The molecule has 0 aromatic carbocycles. The van der Waals surface area contributed by atoms with Crippen molar-refractivity contribution in [3.8, 4) is 0 Å². The molecule has 1 fully saturated rings. The second-order valence-electron chi connectivity index (χ2n) is 4.89. The highest BCUT2D eigenvalue weighted by Crippen LogP contribution is 2.15. The lowest BCUT2D eigenvalue weighted by atomic mass is 10.2. The standard InChI is InChI=1S/C11H21NO3/c1-5-12-7-6-9(8-12)14-10(13)15-11(2,3)4/h9H,5-8H2,1-4H3. The molecule has 15 heavy (non-hydrogen) atoms. The van der Waals surface area contributed by atoms with E-state index in [0.29, 0.717) is 0 Å². The van der Waals surface area contributed by atoms with E-state index in [1.165, 1.54) is 0 Å². The van der Waals surface area contributed by atoms with E-state index < -0.39 is 11.8 Å². The summed E-state index contributed by atoms with van der Waals surface area (Å²) in [5, 5.41) is 0. The molecule has 1 atom stereocenters. The van der Waals surface area contributed by atoms with Crippen molar-refractivity contribution < 1.29 is 14.3 Å². The molecule has 1 heterocycles. The Bertz CT molecular complexity index is 222. The summed E-state index contributed by atoms with van der Waals surface area (Å²) in [4.78, 5) is 13.6. The minimum Gasteiger partial charge on any atom is -0.430 e. The average Bonchev–Trinajstić information content (AvgIpc) is 2.48. The van der Waals surface area contributed by atoms with Crippen LogP contribution in [-0.2, 0) is 9.47 Å². The monoisotopic (exact) mass is 215 g/mol. The maximum atomic E-state index is 11.3. The molecule has 4 nitrogen and oxygen atoms in total. The SMILES string of the molecule is CCN1CCC(OC(=O)OC(C)(C)C)C1. The van der Waals surface area contributed by atoms with Gasteiger partial charge in [0.25, 0.3) is 0 Å². The number of carbonyl (C=O) groups is 1. The van der Waals surface area contributed by atoms with Gasteiger partial charge < -0.3 is 9.47 Å². The van der Waals surface area contributed by atoms with E-state index in [4.69, 9.17) is 9.47 Å². The van der Waals surface area contributed by atoms with Gasteiger partial charge >= 0.3 is 6.16 Å². The van der Waals surface area contributed by atoms with Crippen LogP contribution in [0.15, 0.2) is 0 Å². The fraction of sp³-hybridized carbons (Fsp3) is 0.909. The number of rotatable bonds is 2. The second-order valence-corrected chi connectivity index (χ2v) is 4.89. The van der Waals surface area contributed by atoms with E-state index in [9.17, 15) is 4.79 Å². The first-order valence-corrected chi connectivity index (χ1v) is 5.52. The Morgan fingerprint density at radius 3 is 2.60 bits per heavy atom. The molecule has 1 aliphatic heterocycles. The first-order chi connectivity index (χ1) is 6.90. The lowest BCUT2D eigenvalue weighted by Gasteiger charge is -2.20. The van der Waals surface area contributed by atoms with Gasteiger partial charge in [-0.05, 0) is 33.7 Å². The van der Waals surface area contributed by atoms with Gasteiger partial charge in [0.2, 0.25) is 0 Å². The van der Waals surface area contributed by atoms with E-state index in [-0.39, 0.29) is 6.10 Å². The van der Waals surface area contributed by atoms with Crippen LogP contribution in [-0.4, -0.2) is 42.4 Å². The maximum absolute atomic E-state index is 11.3. The van der Waals surface area contributed by atoms with Crippen molar-refractivity contribution in [3.05, 3.63) is 0 Å². The van der Waals surface area contributed by atoms with E-state index in [1.807, 2.05) is 20.8 Å². The van der Waals surface area contributed by atoms with Crippen LogP contribution in [0.4, 0.5) is 4.79 Å². The quantitative estimate of drug-likeness (QED) is 0.661. The molecule has 1 unspecified atom stereocenters. The lowest BCUT2D eigenvalue weighted by Crippen LogP contribution is -2.29. The molecule has 0 radical (unpaired) electrons. The zero-order valence-electron chi connectivity index (χ0n) is 10.1. The third kappa shape index (κ3) is 4.51. The zero-order chi connectivity index (χ0) is 11.5. The molecule has 0 spiro atoms. The molecule has 0 N–H and O–H groups in total. The summed E-state index contributed by atoms with van der Waals surface area (Å²) in [5.74, 6) is 0. The Kier molecular flexibility index (Phi) is 3.97. The number of likely N-dealkylation sites (tertiary alicyclic amines) is 1. The van der Waals surface area contributed by atoms with E-state index in [0.717, 1.165) is 26.1 Å². The van der Waals surface area contributed by atoms with Crippen LogP contribution >= 0.6 is 0 Å².